The third-order valence-electron chi connectivity index (χ3n) is 4.26. The number of aromatic nitrogens is 3. The van der Waals surface area contributed by atoms with Crippen LogP contribution >= 0.6 is 11.3 Å². The molecular formula is C17H16FN5O2S. The Labute approximate surface area is 152 Å². The van der Waals surface area contributed by atoms with Gasteiger partial charge in [-0.25, -0.2) is 9.37 Å². The second-order valence-electron chi connectivity index (χ2n) is 6.17. The van der Waals surface area contributed by atoms with Gasteiger partial charge in [0.25, 0.3) is 5.56 Å². The molecule has 9 heteroatoms. The Hall–Kier alpha value is -2.81. The average Bonchev–Trinajstić information content (AvgIpc) is 3.20. The number of benzene rings is 1. The van der Waals surface area contributed by atoms with Gasteiger partial charge in [0.15, 0.2) is 0 Å². The van der Waals surface area contributed by atoms with Crippen molar-refractivity contribution in [3.63, 3.8) is 0 Å². The maximum absolute atomic E-state index is 13.3. The zero-order valence-corrected chi connectivity index (χ0v) is 14.8. The first kappa shape index (κ1) is 16.6. The fraction of sp³-hybridized carbons (Fsp3) is 0.294. The number of anilines is 2. The maximum Gasteiger partial charge on any atom is 0.275 e. The van der Waals surface area contributed by atoms with E-state index in [1.54, 1.807) is 19.1 Å². The Bertz CT molecular complexity index is 1050. The fourth-order valence-corrected chi connectivity index (χ4v) is 4.11. The van der Waals surface area contributed by atoms with Gasteiger partial charge in [-0.3, -0.25) is 9.59 Å². The number of rotatable bonds is 3. The molecule has 7 nitrogen and oxygen atoms in total. The molecule has 134 valence electrons. The summed E-state index contributed by atoms with van der Waals surface area (Å²) in [7, 11) is 0. The van der Waals surface area contributed by atoms with Gasteiger partial charge in [-0.05, 0) is 38.0 Å². The largest absolute Gasteiger partial charge is 0.335 e. The molecule has 3 heterocycles. The molecule has 0 aliphatic carbocycles. The van der Waals surface area contributed by atoms with Crippen LogP contribution in [-0.4, -0.2) is 33.1 Å². The SMILES string of the molecule is Cc1cc(=O)n2nc(N3CCC[C@H]3C(=O)Nc3cccc(F)c3)sc2n1. The zero-order valence-electron chi connectivity index (χ0n) is 14.0. The van der Waals surface area contributed by atoms with Gasteiger partial charge in [0.1, 0.15) is 11.9 Å². The number of carbonyl (C=O) groups is 1. The summed E-state index contributed by atoms with van der Waals surface area (Å²) < 4.78 is 14.6. The van der Waals surface area contributed by atoms with E-state index in [4.69, 9.17) is 0 Å². The summed E-state index contributed by atoms with van der Waals surface area (Å²) in [5.41, 5.74) is 0.807. The number of amides is 1. The summed E-state index contributed by atoms with van der Waals surface area (Å²) in [6.07, 6.45) is 1.50. The van der Waals surface area contributed by atoms with Gasteiger partial charge in [0.2, 0.25) is 16.0 Å². The number of nitrogens with one attached hydrogen (secondary N) is 1. The van der Waals surface area contributed by atoms with Gasteiger partial charge in [-0.1, -0.05) is 17.4 Å². The van der Waals surface area contributed by atoms with E-state index in [1.165, 1.54) is 34.1 Å². The van der Waals surface area contributed by atoms with Crippen molar-refractivity contribution < 1.29 is 9.18 Å². The molecule has 1 N–H and O–H groups in total. The molecule has 1 amide bonds. The minimum Gasteiger partial charge on any atom is -0.335 e. The van der Waals surface area contributed by atoms with Gasteiger partial charge in [-0.15, -0.1) is 5.10 Å². The molecule has 0 bridgehead atoms. The number of aryl methyl sites for hydroxylation is 1. The van der Waals surface area contributed by atoms with E-state index < -0.39 is 11.9 Å². The first-order valence-electron chi connectivity index (χ1n) is 8.22. The normalized spacial score (nSPS) is 17.0. The number of carbonyl (C=O) groups excluding carboxylic acids is 1. The van der Waals surface area contributed by atoms with Gasteiger partial charge >= 0.3 is 0 Å². The highest BCUT2D eigenvalue weighted by Gasteiger charge is 2.33. The Kier molecular flexibility index (Phi) is 4.15. The number of nitrogens with zero attached hydrogens (tertiary/aromatic N) is 4. The van der Waals surface area contributed by atoms with Gasteiger partial charge in [0.05, 0.1) is 0 Å². The molecule has 0 radical (unpaired) electrons. The minimum atomic E-state index is -0.421. The number of hydrogen-bond donors (Lipinski definition) is 1. The first-order valence-corrected chi connectivity index (χ1v) is 9.03. The lowest BCUT2D eigenvalue weighted by Gasteiger charge is -2.22. The maximum atomic E-state index is 13.3. The standard InChI is InChI=1S/C17H16FN5O2S/c1-10-8-14(24)23-16(19-10)26-17(21-23)22-7-3-6-13(22)15(25)20-12-5-2-4-11(18)9-12/h2,4-5,8-9,13H,3,6-7H2,1H3,(H,20,25)/t13-/m0/s1. The van der Waals surface area contributed by atoms with E-state index in [0.29, 0.717) is 34.4 Å². The molecular weight excluding hydrogens is 357 g/mol. The van der Waals surface area contributed by atoms with Crippen molar-refractivity contribution in [1.29, 1.82) is 0 Å². The van der Waals surface area contributed by atoms with Crippen LogP contribution in [0.4, 0.5) is 15.2 Å². The monoisotopic (exact) mass is 373 g/mol. The lowest BCUT2D eigenvalue weighted by molar-refractivity contribution is -0.117. The molecule has 2 aromatic heterocycles. The molecule has 1 aliphatic rings. The molecule has 1 saturated heterocycles. The van der Waals surface area contributed by atoms with Crippen LogP contribution < -0.4 is 15.8 Å². The highest BCUT2D eigenvalue weighted by molar-refractivity contribution is 7.20. The van der Waals surface area contributed by atoms with E-state index in [2.05, 4.69) is 15.4 Å². The van der Waals surface area contributed by atoms with E-state index in [1.807, 2.05) is 4.90 Å². The predicted octanol–water partition coefficient (Wildman–Crippen LogP) is 2.21. The average molecular weight is 373 g/mol. The van der Waals surface area contributed by atoms with Crippen LogP contribution in [0.25, 0.3) is 4.96 Å². The predicted molar refractivity (Wildman–Crippen MR) is 97.3 cm³/mol. The van der Waals surface area contributed by atoms with Crippen LogP contribution in [0.2, 0.25) is 0 Å². The number of hydrogen-bond acceptors (Lipinski definition) is 6. The molecule has 3 aromatic rings. The summed E-state index contributed by atoms with van der Waals surface area (Å²) >= 11 is 1.28. The third kappa shape index (κ3) is 3.05. The topological polar surface area (TPSA) is 79.6 Å². The Balaban J connectivity index is 1.61. The quantitative estimate of drug-likeness (QED) is 0.761. The van der Waals surface area contributed by atoms with Crippen LogP contribution in [0, 0.1) is 12.7 Å². The third-order valence-corrected chi connectivity index (χ3v) is 5.20. The minimum absolute atomic E-state index is 0.219. The van der Waals surface area contributed by atoms with Gasteiger partial charge in [0, 0.05) is 24.0 Å². The summed E-state index contributed by atoms with van der Waals surface area (Å²) in [5.74, 6) is -0.623. The molecule has 1 atom stereocenters. The molecule has 1 aromatic carbocycles. The van der Waals surface area contributed by atoms with Crippen molar-refractivity contribution in [2.24, 2.45) is 0 Å². The van der Waals surface area contributed by atoms with Crippen molar-refractivity contribution in [3.05, 3.63) is 52.2 Å². The Morgan fingerprint density at radius 2 is 2.23 bits per heavy atom. The number of fused-ring (bicyclic) bond motifs is 1. The van der Waals surface area contributed by atoms with E-state index in [-0.39, 0.29) is 11.5 Å². The van der Waals surface area contributed by atoms with Crippen molar-refractivity contribution >= 4 is 33.0 Å². The summed E-state index contributed by atoms with van der Waals surface area (Å²) in [5, 5.41) is 7.67. The summed E-state index contributed by atoms with van der Waals surface area (Å²) in [6.45, 7) is 2.42. The van der Waals surface area contributed by atoms with E-state index in [9.17, 15) is 14.0 Å². The number of halogens is 1. The second-order valence-corrected chi connectivity index (χ2v) is 7.10. The molecule has 4 rings (SSSR count). The second kappa shape index (κ2) is 6.49. The van der Waals surface area contributed by atoms with Crippen LogP contribution in [0.1, 0.15) is 18.5 Å². The first-order chi connectivity index (χ1) is 12.5. The van der Waals surface area contributed by atoms with Gasteiger partial charge < -0.3 is 10.2 Å². The van der Waals surface area contributed by atoms with E-state index >= 15 is 0 Å². The molecule has 0 saturated carbocycles. The van der Waals surface area contributed by atoms with Crippen molar-refractivity contribution in [1.82, 2.24) is 14.6 Å². The van der Waals surface area contributed by atoms with Crippen LogP contribution in [-0.2, 0) is 4.79 Å². The molecule has 26 heavy (non-hydrogen) atoms. The summed E-state index contributed by atoms with van der Waals surface area (Å²) in [6, 6.07) is 6.80. The van der Waals surface area contributed by atoms with Crippen LogP contribution in [0.5, 0.6) is 0 Å². The lowest BCUT2D eigenvalue weighted by Crippen LogP contribution is -2.39. The fourth-order valence-electron chi connectivity index (χ4n) is 3.09. The Morgan fingerprint density at radius 3 is 3.04 bits per heavy atom. The van der Waals surface area contributed by atoms with Crippen molar-refractivity contribution in [3.8, 4) is 0 Å². The highest BCUT2D eigenvalue weighted by atomic mass is 32.1. The molecule has 0 spiro atoms. The van der Waals surface area contributed by atoms with Crippen molar-refractivity contribution in [2.75, 3.05) is 16.8 Å². The highest BCUT2D eigenvalue weighted by Crippen LogP contribution is 2.29. The van der Waals surface area contributed by atoms with Crippen LogP contribution in [0.15, 0.2) is 35.1 Å². The molecule has 1 aliphatic heterocycles. The zero-order chi connectivity index (χ0) is 18.3. The smallest absolute Gasteiger partial charge is 0.275 e. The Morgan fingerprint density at radius 1 is 1.38 bits per heavy atom. The van der Waals surface area contributed by atoms with Gasteiger partial charge in [-0.2, -0.15) is 4.52 Å². The molecule has 0 unspecified atom stereocenters. The van der Waals surface area contributed by atoms with Crippen molar-refractivity contribution in [2.45, 2.75) is 25.8 Å². The van der Waals surface area contributed by atoms with Crippen LogP contribution in [0.3, 0.4) is 0 Å². The molecule has 1 fully saturated rings. The van der Waals surface area contributed by atoms with E-state index in [0.717, 1.165) is 6.42 Å². The summed E-state index contributed by atoms with van der Waals surface area (Å²) in [4.78, 5) is 31.4. The lowest BCUT2D eigenvalue weighted by atomic mass is 10.2.